The van der Waals surface area contributed by atoms with Crippen LogP contribution >= 0.6 is 23.4 Å². The van der Waals surface area contributed by atoms with E-state index in [0.717, 1.165) is 23.1 Å². The van der Waals surface area contributed by atoms with Crippen LogP contribution in [0.1, 0.15) is 25.8 Å². The zero-order valence-corrected chi connectivity index (χ0v) is 18.1. The van der Waals surface area contributed by atoms with Crippen molar-refractivity contribution in [3.05, 3.63) is 64.0 Å². The van der Waals surface area contributed by atoms with Gasteiger partial charge in [0, 0.05) is 16.3 Å². The number of imide groups is 1. The molecule has 0 unspecified atom stereocenters. The van der Waals surface area contributed by atoms with Gasteiger partial charge in [0.25, 0.3) is 11.1 Å². The van der Waals surface area contributed by atoms with E-state index in [0.29, 0.717) is 22.0 Å². The minimum atomic E-state index is -0.510. The van der Waals surface area contributed by atoms with Crippen molar-refractivity contribution in [2.24, 2.45) is 0 Å². The van der Waals surface area contributed by atoms with Gasteiger partial charge in [-0.1, -0.05) is 42.8 Å². The summed E-state index contributed by atoms with van der Waals surface area (Å²) < 4.78 is 5.90. The Bertz CT molecular complexity index is 1010. The van der Waals surface area contributed by atoms with Crippen LogP contribution in [0.25, 0.3) is 6.08 Å². The Morgan fingerprint density at radius 3 is 2.73 bits per heavy atom. The molecule has 0 aliphatic carbocycles. The maximum atomic E-state index is 12.7. The maximum absolute atomic E-state index is 12.7. The average Bonchev–Trinajstić information content (AvgIpc) is 2.96. The quantitative estimate of drug-likeness (QED) is 0.594. The van der Waals surface area contributed by atoms with Gasteiger partial charge in [0.15, 0.2) is 0 Å². The fourth-order valence-electron chi connectivity index (χ4n) is 2.70. The summed E-state index contributed by atoms with van der Waals surface area (Å²) in [6.45, 7) is 3.61. The number of ether oxygens (including phenoxy) is 1. The number of carbonyl (C=O) groups excluding carboxylic acids is 3. The summed E-state index contributed by atoms with van der Waals surface area (Å²) in [7, 11) is 0. The molecular formula is C22H21ClN2O4S. The lowest BCUT2D eigenvalue weighted by Gasteiger charge is -2.15. The van der Waals surface area contributed by atoms with Gasteiger partial charge >= 0.3 is 0 Å². The van der Waals surface area contributed by atoms with Gasteiger partial charge in [0.1, 0.15) is 12.3 Å². The summed E-state index contributed by atoms with van der Waals surface area (Å²) in [6, 6.07) is 13.9. The van der Waals surface area contributed by atoms with Crippen LogP contribution in [0.4, 0.5) is 10.5 Å². The van der Waals surface area contributed by atoms with Crippen LogP contribution in [0.15, 0.2) is 53.4 Å². The van der Waals surface area contributed by atoms with Gasteiger partial charge < -0.3 is 10.1 Å². The number of nitrogens with zero attached hydrogens (tertiary/aromatic N) is 1. The van der Waals surface area contributed by atoms with Crippen LogP contribution < -0.4 is 10.1 Å². The largest absolute Gasteiger partial charge is 0.490 e. The van der Waals surface area contributed by atoms with Gasteiger partial charge in [0.05, 0.1) is 11.0 Å². The number of anilines is 1. The van der Waals surface area contributed by atoms with Crippen LogP contribution in [0.2, 0.25) is 5.02 Å². The fraction of sp³-hybridized carbons (Fsp3) is 0.227. The molecule has 3 rings (SSSR count). The number of benzene rings is 2. The monoisotopic (exact) mass is 444 g/mol. The molecule has 1 saturated heterocycles. The minimum absolute atomic E-state index is 0.0183. The zero-order chi connectivity index (χ0) is 21.7. The molecular weight excluding hydrogens is 424 g/mol. The smallest absolute Gasteiger partial charge is 0.294 e. The van der Waals surface area contributed by atoms with Crippen LogP contribution in [0.5, 0.6) is 5.75 Å². The van der Waals surface area contributed by atoms with Crippen molar-refractivity contribution in [1.82, 2.24) is 4.90 Å². The van der Waals surface area contributed by atoms with E-state index in [-0.39, 0.29) is 17.6 Å². The van der Waals surface area contributed by atoms with E-state index in [9.17, 15) is 14.4 Å². The number of amides is 3. The van der Waals surface area contributed by atoms with E-state index in [1.807, 2.05) is 38.1 Å². The second kappa shape index (κ2) is 9.82. The van der Waals surface area contributed by atoms with E-state index in [1.54, 1.807) is 30.3 Å². The number of carbonyl (C=O) groups is 3. The lowest BCUT2D eigenvalue weighted by Crippen LogP contribution is -2.36. The van der Waals surface area contributed by atoms with Gasteiger partial charge in [0.2, 0.25) is 5.91 Å². The first-order valence-corrected chi connectivity index (χ1v) is 10.6. The Morgan fingerprint density at radius 2 is 2.00 bits per heavy atom. The van der Waals surface area contributed by atoms with E-state index in [2.05, 4.69) is 5.32 Å². The van der Waals surface area contributed by atoms with Gasteiger partial charge in [-0.15, -0.1) is 0 Å². The molecule has 0 spiro atoms. The van der Waals surface area contributed by atoms with E-state index in [1.165, 1.54) is 0 Å². The first kappa shape index (κ1) is 21.9. The molecule has 3 amide bonds. The van der Waals surface area contributed by atoms with Gasteiger partial charge in [-0.3, -0.25) is 19.3 Å². The molecule has 1 heterocycles. The molecule has 30 heavy (non-hydrogen) atoms. The second-order valence-corrected chi connectivity index (χ2v) is 8.13. The maximum Gasteiger partial charge on any atom is 0.294 e. The Kier molecular flexibility index (Phi) is 7.18. The summed E-state index contributed by atoms with van der Waals surface area (Å²) in [5.74, 6) is -0.358. The number of hydrogen-bond donors (Lipinski definition) is 1. The molecule has 2 aromatic rings. The highest BCUT2D eigenvalue weighted by molar-refractivity contribution is 8.18. The van der Waals surface area contributed by atoms with Crippen molar-refractivity contribution >= 4 is 52.2 Å². The Balaban J connectivity index is 1.72. The first-order chi connectivity index (χ1) is 14.4. The molecule has 0 bridgehead atoms. The molecule has 1 aliphatic rings. The lowest BCUT2D eigenvalue weighted by atomic mass is 10.1. The summed E-state index contributed by atoms with van der Waals surface area (Å²) in [5.41, 5.74) is 1.19. The summed E-state index contributed by atoms with van der Waals surface area (Å²) in [4.78, 5) is 38.5. The van der Waals surface area contributed by atoms with Crippen molar-refractivity contribution < 1.29 is 19.1 Å². The van der Waals surface area contributed by atoms with Crippen molar-refractivity contribution in [3.63, 3.8) is 0 Å². The highest BCUT2D eigenvalue weighted by atomic mass is 35.5. The third-order valence-corrected chi connectivity index (χ3v) is 5.53. The van der Waals surface area contributed by atoms with E-state index < -0.39 is 17.1 Å². The summed E-state index contributed by atoms with van der Waals surface area (Å²) in [5, 5.41) is 2.61. The predicted octanol–water partition coefficient (Wildman–Crippen LogP) is 5.19. The van der Waals surface area contributed by atoms with E-state index >= 15 is 0 Å². The molecule has 2 aromatic carbocycles. The highest BCUT2D eigenvalue weighted by Gasteiger charge is 2.36. The topological polar surface area (TPSA) is 75.7 Å². The standard InChI is InChI=1S/C22H21ClN2O4S/c1-3-14(2)29-18-10-5-4-7-15(18)11-19-21(27)25(22(28)30-19)13-20(26)24-17-9-6-8-16(23)12-17/h4-12,14H,3,13H2,1-2H3,(H,24,26)/b19-11+/t14-/m0/s1. The second-order valence-electron chi connectivity index (χ2n) is 6.70. The molecule has 1 atom stereocenters. The van der Waals surface area contributed by atoms with Gasteiger partial charge in [-0.25, -0.2) is 0 Å². The van der Waals surface area contributed by atoms with Gasteiger partial charge in [-0.2, -0.15) is 0 Å². The fourth-order valence-corrected chi connectivity index (χ4v) is 3.71. The SMILES string of the molecule is CC[C@H](C)Oc1ccccc1/C=C1/SC(=O)N(CC(=O)Nc2cccc(Cl)c2)C1=O. The molecule has 6 nitrogen and oxygen atoms in total. The Morgan fingerprint density at radius 1 is 1.23 bits per heavy atom. The molecule has 0 aromatic heterocycles. The summed E-state index contributed by atoms with van der Waals surface area (Å²) in [6.07, 6.45) is 2.48. The average molecular weight is 445 g/mol. The number of rotatable bonds is 7. The summed E-state index contributed by atoms with van der Waals surface area (Å²) >= 11 is 6.71. The highest BCUT2D eigenvalue weighted by Crippen LogP contribution is 2.34. The van der Waals surface area contributed by atoms with Crippen LogP contribution in [-0.4, -0.2) is 34.6 Å². The molecule has 1 fully saturated rings. The number of para-hydroxylation sites is 1. The number of nitrogens with one attached hydrogen (secondary N) is 1. The van der Waals surface area contributed by atoms with Crippen LogP contribution in [0.3, 0.4) is 0 Å². The number of halogens is 1. The van der Waals surface area contributed by atoms with E-state index in [4.69, 9.17) is 16.3 Å². The van der Waals surface area contributed by atoms with Crippen molar-refractivity contribution in [3.8, 4) is 5.75 Å². The predicted molar refractivity (Wildman–Crippen MR) is 120 cm³/mol. The molecule has 0 radical (unpaired) electrons. The van der Waals surface area contributed by atoms with Crippen molar-refractivity contribution in [2.45, 2.75) is 26.4 Å². The Hall–Kier alpha value is -2.77. The number of thioether (sulfide) groups is 1. The molecule has 156 valence electrons. The third kappa shape index (κ3) is 5.43. The van der Waals surface area contributed by atoms with Gasteiger partial charge in [-0.05, 0) is 55.4 Å². The minimum Gasteiger partial charge on any atom is -0.490 e. The normalized spacial score (nSPS) is 16.1. The molecule has 0 saturated carbocycles. The lowest BCUT2D eigenvalue weighted by molar-refractivity contribution is -0.127. The Labute approximate surface area is 184 Å². The molecule has 1 aliphatic heterocycles. The number of hydrogen-bond acceptors (Lipinski definition) is 5. The van der Waals surface area contributed by atoms with Crippen molar-refractivity contribution in [2.75, 3.05) is 11.9 Å². The van der Waals surface area contributed by atoms with Crippen molar-refractivity contribution in [1.29, 1.82) is 0 Å². The first-order valence-electron chi connectivity index (χ1n) is 9.44. The molecule has 8 heteroatoms. The molecule has 1 N–H and O–H groups in total. The van der Waals surface area contributed by atoms with Crippen LogP contribution in [-0.2, 0) is 9.59 Å². The van der Waals surface area contributed by atoms with Crippen LogP contribution in [0, 0.1) is 0 Å². The zero-order valence-electron chi connectivity index (χ0n) is 16.6. The third-order valence-electron chi connectivity index (χ3n) is 4.39.